The van der Waals surface area contributed by atoms with E-state index in [1.54, 1.807) is 31.2 Å². The summed E-state index contributed by atoms with van der Waals surface area (Å²) in [6.45, 7) is 1.43. The van der Waals surface area contributed by atoms with Crippen LogP contribution in [0.3, 0.4) is 0 Å². The number of likely N-dealkylation sites (N-methyl/N-ethyl adjacent to an activating group) is 1. The van der Waals surface area contributed by atoms with Crippen molar-refractivity contribution in [3.05, 3.63) is 24.3 Å². The van der Waals surface area contributed by atoms with Gasteiger partial charge in [-0.25, -0.2) is 0 Å². The summed E-state index contributed by atoms with van der Waals surface area (Å²) < 4.78 is 5.24. The number of nitrogens with one attached hydrogen (secondary N) is 2. The first-order valence-electron chi connectivity index (χ1n) is 5.52. The lowest BCUT2D eigenvalue weighted by molar-refractivity contribution is -0.129. The van der Waals surface area contributed by atoms with E-state index in [1.165, 1.54) is 7.05 Å². The fraction of sp³-hybridized carbons (Fsp3) is 0.333. The molecule has 1 atom stereocenters. The van der Waals surface area contributed by atoms with Crippen LogP contribution in [0.5, 0.6) is 5.75 Å². The molecule has 0 saturated carbocycles. The third-order valence-electron chi connectivity index (χ3n) is 2.25. The summed E-state index contributed by atoms with van der Waals surface area (Å²) in [6.07, 6.45) is 0. The van der Waals surface area contributed by atoms with E-state index in [9.17, 15) is 9.59 Å². The van der Waals surface area contributed by atoms with Gasteiger partial charge < -0.3 is 21.1 Å². The number of nitrogen functional groups attached to an aromatic ring is 1. The zero-order valence-corrected chi connectivity index (χ0v) is 10.4. The molecular formula is C12H17N3O3. The standard InChI is InChI=1S/C12H17N3O3/c1-8(12(17)14-2)15-11(16)7-18-10-5-3-4-9(13)6-10/h3-6,8H,7,13H2,1-2H3,(H,14,17)(H,15,16). The summed E-state index contributed by atoms with van der Waals surface area (Å²) in [4.78, 5) is 22.7. The number of amides is 2. The van der Waals surface area contributed by atoms with Crippen molar-refractivity contribution < 1.29 is 14.3 Å². The molecule has 18 heavy (non-hydrogen) atoms. The van der Waals surface area contributed by atoms with Gasteiger partial charge in [-0.1, -0.05) is 6.07 Å². The van der Waals surface area contributed by atoms with Crippen LogP contribution in [0.2, 0.25) is 0 Å². The quantitative estimate of drug-likeness (QED) is 0.637. The van der Waals surface area contributed by atoms with Gasteiger partial charge in [-0.15, -0.1) is 0 Å². The molecule has 6 heteroatoms. The monoisotopic (exact) mass is 251 g/mol. The Morgan fingerprint density at radius 3 is 2.78 bits per heavy atom. The Labute approximate surface area is 105 Å². The van der Waals surface area contributed by atoms with Gasteiger partial charge in [0.15, 0.2) is 6.61 Å². The maximum atomic E-state index is 11.5. The fourth-order valence-electron chi connectivity index (χ4n) is 1.32. The molecule has 98 valence electrons. The molecule has 2 amide bonds. The van der Waals surface area contributed by atoms with E-state index in [0.717, 1.165) is 0 Å². The first kappa shape index (κ1) is 13.8. The summed E-state index contributed by atoms with van der Waals surface area (Å²) in [5, 5.41) is 4.95. The fourth-order valence-corrected chi connectivity index (χ4v) is 1.32. The van der Waals surface area contributed by atoms with Crippen molar-refractivity contribution in [3.63, 3.8) is 0 Å². The van der Waals surface area contributed by atoms with Gasteiger partial charge in [-0.3, -0.25) is 9.59 Å². The van der Waals surface area contributed by atoms with Gasteiger partial charge in [-0.05, 0) is 19.1 Å². The molecule has 0 aromatic heterocycles. The molecule has 1 unspecified atom stereocenters. The lowest BCUT2D eigenvalue weighted by Crippen LogP contribution is -2.45. The molecule has 0 saturated heterocycles. The van der Waals surface area contributed by atoms with Crippen molar-refractivity contribution in [2.45, 2.75) is 13.0 Å². The molecule has 0 aliphatic heterocycles. The Hall–Kier alpha value is -2.24. The minimum atomic E-state index is -0.591. The third kappa shape index (κ3) is 4.32. The average molecular weight is 251 g/mol. The number of hydrogen-bond acceptors (Lipinski definition) is 4. The summed E-state index contributed by atoms with van der Waals surface area (Å²) in [5.74, 6) is -0.112. The van der Waals surface area contributed by atoms with Gasteiger partial charge in [0, 0.05) is 18.8 Å². The zero-order chi connectivity index (χ0) is 13.5. The molecule has 1 aromatic rings. The van der Waals surface area contributed by atoms with E-state index in [-0.39, 0.29) is 18.4 Å². The van der Waals surface area contributed by atoms with E-state index in [1.807, 2.05) is 0 Å². The van der Waals surface area contributed by atoms with Gasteiger partial charge in [0.2, 0.25) is 5.91 Å². The first-order valence-corrected chi connectivity index (χ1v) is 5.52. The largest absolute Gasteiger partial charge is 0.484 e. The van der Waals surface area contributed by atoms with Crippen LogP contribution in [0, 0.1) is 0 Å². The van der Waals surface area contributed by atoms with Crippen LogP contribution in [0.4, 0.5) is 5.69 Å². The molecular weight excluding hydrogens is 234 g/mol. The third-order valence-corrected chi connectivity index (χ3v) is 2.25. The minimum absolute atomic E-state index is 0.162. The number of benzene rings is 1. The van der Waals surface area contributed by atoms with Crippen molar-refractivity contribution in [1.82, 2.24) is 10.6 Å². The second-order valence-corrected chi connectivity index (χ2v) is 3.76. The highest BCUT2D eigenvalue weighted by atomic mass is 16.5. The van der Waals surface area contributed by atoms with Gasteiger partial charge in [0.25, 0.3) is 5.91 Å². The van der Waals surface area contributed by atoms with Crippen molar-refractivity contribution >= 4 is 17.5 Å². The van der Waals surface area contributed by atoms with E-state index in [0.29, 0.717) is 11.4 Å². The lowest BCUT2D eigenvalue weighted by Gasteiger charge is -2.12. The summed E-state index contributed by atoms with van der Waals surface area (Å²) in [6, 6.07) is 6.18. The summed E-state index contributed by atoms with van der Waals surface area (Å²) in [5.41, 5.74) is 6.13. The lowest BCUT2D eigenvalue weighted by atomic mass is 10.3. The SMILES string of the molecule is CNC(=O)C(C)NC(=O)COc1cccc(N)c1. The first-order chi connectivity index (χ1) is 8.52. The van der Waals surface area contributed by atoms with Crippen molar-refractivity contribution in [2.24, 2.45) is 0 Å². The predicted molar refractivity (Wildman–Crippen MR) is 68.0 cm³/mol. The van der Waals surface area contributed by atoms with Crippen LogP contribution in [0.15, 0.2) is 24.3 Å². The molecule has 0 aliphatic carbocycles. The molecule has 1 aromatic carbocycles. The van der Waals surface area contributed by atoms with Gasteiger partial charge in [-0.2, -0.15) is 0 Å². The van der Waals surface area contributed by atoms with E-state index in [4.69, 9.17) is 10.5 Å². The molecule has 6 nitrogen and oxygen atoms in total. The number of carbonyl (C=O) groups excluding carboxylic acids is 2. The maximum absolute atomic E-state index is 11.5. The summed E-state index contributed by atoms with van der Waals surface area (Å²) >= 11 is 0. The number of nitrogens with two attached hydrogens (primary N) is 1. The Morgan fingerprint density at radius 1 is 1.44 bits per heavy atom. The highest BCUT2D eigenvalue weighted by molar-refractivity contribution is 5.87. The second-order valence-electron chi connectivity index (χ2n) is 3.76. The highest BCUT2D eigenvalue weighted by Crippen LogP contribution is 2.13. The van der Waals surface area contributed by atoms with Crippen molar-refractivity contribution in [3.8, 4) is 5.75 Å². The highest BCUT2D eigenvalue weighted by Gasteiger charge is 2.13. The van der Waals surface area contributed by atoms with Crippen molar-refractivity contribution in [2.75, 3.05) is 19.4 Å². The van der Waals surface area contributed by atoms with Crippen LogP contribution in [0.1, 0.15) is 6.92 Å². The zero-order valence-electron chi connectivity index (χ0n) is 10.4. The molecule has 0 radical (unpaired) electrons. The Kier molecular flexibility index (Phi) is 4.98. The smallest absolute Gasteiger partial charge is 0.258 e. The number of rotatable bonds is 5. The van der Waals surface area contributed by atoms with Gasteiger partial charge in [0.1, 0.15) is 11.8 Å². The van der Waals surface area contributed by atoms with Crippen LogP contribution in [-0.4, -0.2) is 31.5 Å². The molecule has 0 fully saturated rings. The van der Waals surface area contributed by atoms with Crippen LogP contribution in [-0.2, 0) is 9.59 Å². The Balaban J connectivity index is 2.40. The average Bonchev–Trinajstić information content (AvgIpc) is 2.35. The normalized spacial score (nSPS) is 11.4. The van der Waals surface area contributed by atoms with Gasteiger partial charge >= 0.3 is 0 Å². The Morgan fingerprint density at radius 2 is 2.17 bits per heavy atom. The van der Waals surface area contributed by atoms with Crippen LogP contribution in [0.25, 0.3) is 0 Å². The molecule has 4 N–H and O–H groups in total. The number of hydrogen-bond donors (Lipinski definition) is 3. The second kappa shape index (κ2) is 6.48. The number of anilines is 1. The topological polar surface area (TPSA) is 93.5 Å². The van der Waals surface area contributed by atoms with Crippen LogP contribution >= 0.6 is 0 Å². The molecule has 1 rings (SSSR count). The minimum Gasteiger partial charge on any atom is -0.484 e. The molecule has 0 heterocycles. The van der Waals surface area contributed by atoms with E-state index < -0.39 is 6.04 Å². The van der Waals surface area contributed by atoms with E-state index >= 15 is 0 Å². The molecule has 0 aliphatic rings. The number of ether oxygens (including phenoxy) is 1. The van der Waals surface area contributed by atoms with Crippen LogP contribution < -0.4 is 21.1 Å². The molecule has 0 bridgehead atoms. The van der Waals surface area contributed by atoms with Crippen molar-refractivity contribution in [1.29, 1.82) is 0 Å². The maximum Gasteiger partial charge on any atom is 0.258 e. The predicted octanol–water partition coefficient (Wildman–Crippen LogP) is -0.102. The van der Waals surface area contributed by atoms with Gasteiger partial charge in [0.05, 0.1) is 0 Å². The number of carbonyl (C=O) groups is 2. The van der Waals surface area contributed by atoms with E-state index in [2.05, 4.69) is 10.6 Å². The Bertz CT molecular complexity index is 434. The summed E-state index contributed by atoms with van der Waals surface area (Å²) in [7, 11) is 1.51. The molecule has 0 spiro atoms.